The summed E-state index contributed by atoms with van der Waals surface area (Å²) in [7, 11) is 0. The summed E-state index contributed by atoms with van der Waals surface area (Å²) in [4.78, 5) is 25.8. The molecule has 0 spiro atoms. The first-order chi connectivity index (χ1) is 19.1. The summed E-state index contributed by atoms with van der Waals surface area (Å²) in [5.74, 6) is -0.120. The van der Waals surface area contributed by atoms with Gasteiger partial charge in [-0.3, -0.25) is 9.59 Å². The predicted molar refractivity (Wildman–Crippen MR) is 157 cm³/mol. The number of aliphatic hydroxyl groups excluding tert-OH is 1. The van der Waals surface area contributed by atoms with Crippen LogP contribution in [-0.4, -0.2) is 26.3 Å². The molecule has 7 rings (SSSR count). The van der Waals surface area contributed by atoms with Gasteiger partial charge in [-0.25, -0.2) is 0 Å². The lowest BCUT2D eigenvalue weighted by molar-refractivity contribution is -0.110. The Kier molecular flexibility index (Phi) is 5.42. The van der Waals surface area contributed by atoms with Gasteiger partial charge in [0.05, 0.1) is 30.2 Å². The van der Waals surface area contributed by atoms with Crippen LogP contribution < -0.4 is 10.7 Å². The minimum Gasteiger partial charge on any atom is -0.389 e. The third kappa shape index (κ3) is 3.85. The molecule has 6 nitrogen and oxygen atoms in total. The maximum Gasteiger partial charge on any atom is 0.256 e. The number of anilines is 1. The van der Waals surface area contributed by atoms with Crippen LogP contribution in [0.2, 0.25) is 0 Å². The Hall–Kier alpha value is -4.94. The number of para-hydroxylation sites is 4. The van der Waals surface area contributed by atoms with Crippen LogP contribution >= 0.6 is 0 Å². The Morgan fingerprint density at radius 3 is 2.03 bits per heavy atom. The highest BCUT2D eigenvalue weighted by molar-refractivity contribution is 6.35. The fourth-order valence-corrected chi connectivity index (χ4v) is 5.75. The summed E-state index contributed by atoms with van der Waals surface area (Å²) in [6, 6.07) is 30.8. The summed E-state index contributed by atoms with van der Waals surface area (Å²) in [6.07, 6.45) is 3.19. The Morgan fingerprint density at radius 2 is 1.31 bits per heavy atom. The Balaban J connectivity index is 1.28. The molecule has 0 radical (unpaired) electrons. The van der Waals surface area contributed by atoms with Crippen LogP contribution in [0.15, 0.2) is 108 Å². The van der Waals surface area contributed by atoms with Gasteiger partial charge in [0.1, 0.15) is 0 Å². The van der Waals surface area contributed by atoms with Gasteiger partial charge in [-0.1, -0.05) is 60.7 Å². The van der Waals surface area contributed by atoms with Crippen LogP contribution in [0.3, 0.4) is 0 Å². The van der Waals surface area contributed by atoms with Gasteiger partial charge < -0.3 is 19.6 Å². The number of rotatable bonds is 5. The van der Waals surface area contributed by atoms with Crippen LogP contribution in [0, 0.1) is 0 Å². The second-order valence-corrected chi connectivity index (χ2v) is 9.94. The number of fused-ring (bicyclic) bond motifs is 4. The van der Waals surface area contributed by atoms with Crippen molar-refractivity contribution < 1.29 is 9.90 Å². The lowest BCUT2D eigenvalue weighted by Crippen LogP contribution is -2.23. The van der Waals surface area contributed by atoms with E-state index in [1.807, 2.05) is 118 Å². The van der Waals surface area contributed by atoms with Crippen LogP contribution in [0.1, 0.15) is 11.1 Å². The van der Waals surface area contributed by atoms with Crippen molar-refractivity contribution in [1.82, 2.24) is 9.13 Å². The molecule has 190 valence electrons. The number of nitrogens with zero attached hydrogens (tertiary/aromatic N) is 2. The molecule has 1 aliphatic heterocycles. The molecule has 6 heteroatoms. The zero-order valence-electron chi connectivity index (χ0n) is 21.0. The summed E-state index contributed by atoms with van der Waals surface area (Å²) >= 11 is 0. The lowest BCUT2D eigenvalue weighted by Gasteiger charge is -2.19. The SMILES string of the molecule is O=C1Nc2ccccc2/C1=C/c1cn(CC(O)Cn2c3ccccc3c(=O)c3ccccc32)c2ccccc12. The number of hydrogen-bond acceptors (Lipinski definition) is 3. The molecule has 0 fully saturated rings. The smallest absolute Gasteiger partial charge is 0.256 e. The van der Waals surface area contributed by atoms with Crippen LogP contribution in [0.25, 0.3) is 44.4 Å². The fraction of sp³-hybridized carbons (Fsp3) is 0.0909. The quantitative estimate of drug-likeness (QED) is 0.232. The van der Waals surface area contributed by atoms with Crippen molar-refractivity contribution in [2.24, 2.45) is 0 Å². The Bertz CT molecular complexity index is 1950. The molecular weight excluding hydrogens is 486 g/mol. The monoisotopic (exact) mass is 511 g/mol. The topological polar surface area (TPSA) is 76.3 Å². The third-order valence-corrected chi connectivity index (χ3v) is 7.51. The summed E-state index contributed by atoms with van der Waals surface area (Å²) in [6.45, 7) is 0.668. The van der Waals surface area contributed by atoms with Crippen molar-refractivity contribution in [2.75, 3.05) is 5.32 Å². The molecule has 0 bridgehead atoms. The average molecular weight is 512 g/mol. The number of hydrogen-bond donors (Lipinski definition) is 2. The van der Waals surface area contributed by atoms with E-state index < -0.39 is 6.10 Å². The first-order valence-corrected chi connectivity index (χ1v) is 13.0. The molecule has 2 N–H and O–H groups in total. The van der Waals surface area contributed by atoms with Gasteiger partial charge in [0.25, 0.3) is 5.91 Å². The van der Waals surface area contributed by atoms with Crippen molar-refractivity contribution in [1.29, 1.82) is 0 Å². The second kappa shape index (κ2) is 9.11. The molecule has 3 heterocycles. The van der Waals surface area contributed by atoms with Crippen molar-refractivity contribution in [3.8, 4) is 0 Å². The Labute approximate surface area is 224 Å². The molecule has 0 saturated carbocycles. The fourth-order valence-electron chi connectivity index (χ4n) is 5.75. The van der Waals surface area contributed by atoms with Gasteiger partial charge >= 0.3 is 0 Å². The molecule has 2 aromatic heterocycles. The van der Waals surface area contributed by atoms with E-state index in [0.29, 0.717) is 29.4 Å². The Morgan fingerprint density at radius 1 is 0.718 bits per heavy atom. The van der Waals surface area contributed by atoms with Gasteiger partial charge in [0.2, 0.25) is 0 Å². The number of nitrogens with one attached hydrogen (secondary N) is 1. The number of carbonyl (C=O) groups is 1. The lowest BCUT2D eigenvalue weighted by atomic mass is 10.0. The molecule has 1 amide bonds. The van der Waals surface area contributed by atoms with E-state index in [1.54, 1.807) is 0 Å². The second-order valence-electron chi connectivity index (χ2n) is 9.94. The highest BCUT2D eigenvalue weighted by Crippen LogP contribution is 2.34. The van der Waals surface area contributed by atoms with Gasteiger partial charge in [-0.2, -0.15) is 0 Å². The number of pyridine rings is 1. The molecule has 6 aromatic rings. The average Bonchev–Trinajstić information content (AvgIpc) is 3.47. The molecule has 1 aliphatic rings. The van der Waals surface area contributed by atoms with E-state index in [9.17, 15) is 14.7 Å². The van der Waals surface area contributed by atoms with E-state index >= 15 is 0 Å². The number of amides is 1. The van der Waals surface area contributed by atoms with E-state index in [-0.39, 0.29) is 11.3 Å². The number of aliphatic hydroxyl groups is 1. The molecule has 0 aliphatic carbocycles. The van der Waals surface area contributed by atoms with Gasteiger partial charge in [-0.05, 0) is 42.5 Å². The standard InChI is InChI=1S/C33H25N3O3/c37-22(20-36-30-15-7-3-11-25(30)32(38)26-12-4-8-16-31(26)36)19-35-18-21(23-9-2-6-14-29(23)35)17-27-24-10-1-5-13-28(24)34-33(27)39/h1-18,22,37H,19-20H2,(H,34,39)/b27-17-. The van der Waals surface area contributed by atoms with Crippen molar-refractivity contribution in [2.45, 2.75) is 19.2 Å². The van der Waals surface area contributed by atoms with Gasteiger partial charge in [0, 0.05) is 50.3 Å². The van der Waals surface area contributed by atoms with Crippen LogP contribution in [0.4, 0.5) is 5.69 Å². The van der Waals surface area contributed by atoms with E-state index in [2.05, 4.69) is 5.32 Å². The summed E-state index contributed by atoms with van der Waals surface area (Å²) in [5.41, 5.74) is 5.81. The minimum absolute atomic E-state index is 0.00135. The molecule has 1 atom stereocenters. The molecular formula is C33H25N3O3. The van der Waals surface area contributed by atoms with E-state index in [4.69, 9.17) is 0 Å². The van der Waals surface area contributed by atoms with Crippen molar-refractivity contribution in [3.05, 3.63) is 125 Å². The molecule has 0 saturated heterocycles. The first-order valence-electron chi connectivity index (χ1n) is 13.0. The van der Waals surface area contributed by atoms with Crippen LogP contribution in [-0.2, 0) is 17.9 Å². The maximum absolute atomic E-state index is 13.1. The first kappa shape index (κ1) is 23.2. The van der Waals surface area contributed by atoms with E-state index in [1.165, 1.54) is 0 Å². The number of carbonyl (C=O) groups excluding carboxylic acids is 1. The predicted octanol–water partition coefficient (Wildman–Crippen LogP) is 5.66. The van der Waals surface area contributed by atoms with Crippen LogP contribution in [0.5, 0.6) is 0 Å². The van der Waals surface area contributed by atoms with Gasteiger partial charge in [-0.15, -0.1) is 0 Å². The number of aromatic nitrogens is 2. The van der Waals surface area contributed by atoms with Crippen molar-refractivity contribution in [3.63, 3.8) is 0 Å². The third-order valence-electron chi connectivity index (χ3n) is 7.51. The zero-order valence-corrected chi connectivity index (χ0v) is 21.0. The largest absolute Gasteiger partial charge is 0.389 e. The highest BCUT2D eigenvalue weighted by Gasteiger charge is 2.24. The highest BCUT2D eigenvalue weighted by atomic mass is 16.3. The van der Waals surface area contributed by atoms with Crippen molar-refractivity contribution >= 4 is 56.0 Å². The zero-order chi connectivity index (χ0) is 26.5. The number of benzene rings is 4. The maximum atomic E-state index is 13.1. The molecule has 4 aromatic carbocycles. The summed E-state index contributed by atoms with van der Waals surface area (Å²) < 4.78 is 4.07. The molecule has 39 heavy (non-hydrogen) atoms. The van der Waals surface area contributed by atoms with E-state index in [0.717, 1.165) is 38.8 Å². The van der Waals surface area contributed by atoms with Gasteiger partial charge in [0.15, 0.2) is 5.43 Å². The normalized spacial score (nSPS) is 14.8. The minimum atomic E-state index is -0.730. The molecule has 1 unspecified atom stereocenters. The summed E-state index contributed by atoms with van der Waals surface area (Å²) in [5, 5.41) is 16.6.